The van der Waals surface area contributed by atoms with Gasteiger partial charge in [-0.3, -0.25) is 9.59 Å². The zero-order valence-electron chi connectivity index (χ0n) is 8.61. The largest absolute Gasteiger partial charge is 0.478 e. The van der Waals surface area contributed by atoms with Crippen molar-refractivity contribution in [2.45, 2.75) is 13.8 Å². The van der Waals surface area contributed by atoms with Crippen LogP contribution in [0, 0.1) is 5.41 Å². The number of hydrogen-bond acceptors (Lipinski definition) is 3. The zero-order chi connectivity index (χ0) is 12.1. The Morgan fingerprint density at radius 3 is 2.27 bits per heavy atom. The van der Waals surface area contributed by atoms with E-state index in [1.54, 1.807) is 13.8 Å². The van der Waals surface area contributed by atoms with Gasteiger partial charge in [0.25, 0.3) is 0 Å². The number of carbonyl (C=O) groups excluding carboxylic acids is 2. The van der Waals surface area contributed by atoms with Gasteiger partial charge in [0, 0.05) is 18.7 Å². The molecule has 0 aliphatic rings. The first-order valence-corrected chi connectivity index (χ1v) is 4.24. The smallest absolute Gasteiger partial charge is 0.328 e. The number of rotatable bonds is 5. The summed E-state index contributed by atoms with van der Waals surface area (Å²) in [4.78, 5) is 31.9. The molecule has 15 heavy (non-hydrogen) atoms. The Labute approximate surface area is 87.1 Å². The minimum atomic E-state index is -1.21. The molecule has 0 heterocycles. The summed E-state index contributed by atoms with van der Waals surface area (Å²) in [5.74, 6) is -2.32. The first kappa shape index (κ1) is 13.2. The van der Waals surface area contributed by atoms with E-state index in [-0.39, 0.29) is 6.54 Å². The second kappa shape index (κ2) is 5.14. The molecule has 0 fully saturated rings. The second-order valence-corrected chi connectivity index (χ2v) is 3.64. The molecule has 0 spiro atoms. The van der Waals surface area contributed by atoms with Crippen molar-refractivity contribution in [1.29, 1.82) is 0 Å². The molecule has 2 amide bonds. The quantitative estimate of drug-likeness (QED) is 0.523. The van der Waals surface area contributed by atoms with E-state index in [2.05, 4.69) is 5.32 Å². The fraction of sp³-hybridized carbons (Fsp3) is 0.444. The summed E-state index contributed by atoms with van der Waals surface area (Å²) in [7, 11) is 0. The molecule has 0 unspecified atom stereocenters. The lowest BCUT2D eigenvalue weighted by molar-refractivity contribution is -0.132. The van der Waals surface area contributed by atoms with Crippen molar-refractivity contribution in [3.05, 3.63) is 12.2 Å². The summed E-state index contributed by atoms with van der Waals surface area (Å²) in [6.07, 6.45) is 1.59. The number of aliphatic carboxylic acids is 1. The maximum Gasteiger partial charge on any atom is 0.328 e. The van der Waals surface area contributed by atoms with E-state index in [4.69, 9.17) is 10.8 Å². The summed E-state index contributed by atoms with van der Waals surface area (Å²) in [6.45, 7) is 3.22. The Morgan fingerprint density at radius 1 is 1.33 bits per heavy atom. The van der Waals surface area contributed by atoms with Gasteiger partial charge >= 0.3 is 5.97 Å². The molecular formula is C9H14N2O4. The highest BCUT2D eigenvalue weighted by Crippen LogP contribution is 2.11. The third-order valence-electron chi connectivity index (χ3n) is 1.75. The van der Waals surface area contributed by atoms with Gasteiger partial charge in [-0.05, 0) is 13.8 Å². The SMILES string of the molecule is CC(C)(CNC(=O)/C=C/C(=O)O)C(N)=O. The average molecular weight is 214 g/mol. The minimum absolute atomic E-state index is 0.0606. The zero-order valence-corrected chi connectivity index (χ0v) is 8.61. The number of primary amides is 1. The average Bonchev–Trinajstić information content (AvgIpc) is 2.11. The Balaban J connectivity index is 4.12. The normalized spacial score (nSPS) is 11.3. The van der Waals surface area contributed by atoms with Crippen LogP contribution < -0.4 is 11.1 Å². The highest BCUT2D eigenvalue weighted by molar-refractivity contribution is 5.94. The van der Waals surface area contributed by atoms with Crippen LogP contribution in [0.15, 0.2) is 12.2 Å². The number of carboxylic acids is 1. The van der Waals surface area contributed by atoms with Crippen LogP contribution in [0.1, 0.15) is 13.8 Å². The fourth-order valence-electron chi connectivity index (χ4n) is 0.601. The molecule has 0 aromatic rings. The van der Waals surface area contributed by atoms with Gasteiger partial charge in [0.2, 0.25) is 11.8 Å². The van der Waals surface area contributed by atoms with Crippen molar-refractivity contribution in [3.8, 4) is 0 Å². The molecule has 6 heteroatoms. The number of amides is 2. The third-order valence-corrected chi connectivity index (χ3v) is 1.75. The summed E-state index contributed by atoms with van der Waals surface area (Å²) >= 11 is 0. The van der Waals surface area contributed by atoms with Crippen molar-refractivity contribution >= 4 is 17.8 Å². The highest BCUT2D eigenvalue weighted by Gasteiger charge is 2.24. The van der Waals surface area contributed by atoms with Crippen molar-refractivity contribution in [2.24, 2.45) is 11.1 Å². The molecule has 0 atom stereocenters. The van der Waals surface area contributed by atoms with Gasteiger partial charge in [-0.25, -0.2) is 4.79 Å². The predicted molar refractivity (Wildman–Crippen MR) is 52.8 cm³/mol. The molecular weight excluding hydrogens is 200 g/mol. The lowest BCUT2D eigenvalue weighted by atomic mass is 9.93. The van der Waals surface area contributed by atoms with Gasteiger partial charge in [0.1, 0.15) is 0 Å². The van der Waals surface area contributed by atoms with Gasteiger partial charge in [-0.2, -0.15) is 0 Å². The maximum atomic E-state index is 11.0. The number of carbonyl (C=O) groups is 3. The molecule has 0 saturated carbocycles. The minimum Gasteiger partial charge on any atom is -0.478 e. The third kappa shape index (κ3) is 5.45. The molecule has 0 aliphatic carbocycles. The first-order valence-electron chi connectivity index (χ1n) is 4.24. The van der Waals surface area contributed by atoms with Crippen LogP contribution >= 0.6 is 0 Å². The number of hydrogen-bond donors (Lipinski definition) is 3. The Hall–Kier alpha value is -1.85. The lowest BCUT2D eigenvalue weighted by Crippen LogP contribution is -2.42. The summed E-state index contributed by atoms with van der Waals surface area (Å²) in [5, 5.41) is 10.6. The van der Waals surface area contributed by atoms with Gasteiger partial charge in [-0.15, -0.1) is 0 Å². The first-order chi connectivity index (χ1) is 6.75. The fourth-order valence-corrected chi connectivity index (χ4v) is 0.601. The summed E-state index contributed by atoms with van der Waals surface area (Å²) < 4.78 is 0. The van der Waals surface area contributed by atoms with Crippen LogP contribution in [0.2, 0.25) is 0 Å². The molecule has 0 radical (unpaired) electrons. The molecule has 6 nitrogen and oxygen atoms in total. The van der Waals surface area contributed by atoms with Crippen LogP contribution in [0.25, 0.3) is 0 Å². The Kier molecular flexibility index (Phi) is 4.50. The van der Waals surface area contributed by atoms with E-state index in [0.29, 0.717) is 6.08 Å². The Morgan fingerprint density at radius 2 is 1.87 bits per heavy atom. The molecule has 0 bridgehead atoms. The van der Waals surface area contributed by atoms with Crippen molar-refractivity contribution in [3.63, 3.8) is 0 Å². The summed E-state index contributed by atoms with van der Waals surface area (Å²) in [5.41, 5.74) is 4.22. The van der Waals surface area contributed by atoms with Gasteiger partial charge in [-0.1, -0.05) is 0 Å². The van der Waals surface area contributed by atoms with Crippen LogP contribution in [0.3, 0.4) is 0 Å². The van der Waals surface area contributed by atoms with Crippen LogP contribution in [0.4, 0.5) is 0 Å². The molecule has 84 valence electrons. The molecule has 0 aromatic carbocycles. The van der Waals surface area contributed by atoms with Gasteiger partial charge in [0.15, 0.2) is 0 Å². The van der Waals surface area contributed by atoms with Gasteiger partial charge in [0.05, 0.1) is 5.41 Å². The molecule has 0 aromatic heterocycles. The van der Waals surface area contributed by atoms with E-state index >= 15 is 0 Å². The van der Waals surface area contributed by atoms with E-state index < -0.39 is 23.2 Å². The number of nitrogens with one attached hydrogen (secondary N) is 1. The monoisotopic (exact) mass is 214 g/mol. The predicted octanol–water partition coefficient (Wildman–Crippen LogP) is -0.745. The molecule has 0 aliphatic heterocycles. The van der Waals surface area contributed by atoms with Crippen LogP contribution in [-0.2, 0) is 14.4 Å². The van der Waals surface area contributed by atoms with Crippen molar-refractivity contribution in [1.82, 2.24) is 5.32 Å². The number of carboxylic acid groups (broad SMARTS) is 1. The van der Waals surface area contributed by atoms with E-state index in [9.17, 15) is 14.4 Å². The van der Waals surface area contributed by atoms with E-state index in [1.807, 2.05) is 0 Å². The topological polar surface area (TPSA) is 109 Å². The highest BCUT2D eigenvalue weighted by atomic mass is 16.4. The van der Waals surface area contributed by atoms with Crippen LogP contribution in [-0.4, -0.2) is 29.4 Å². The lowest BCUT2D eigenvalue weighted by Gasteiger charge is -2.19. The molecule has 0 rings (SSSR count). The van der Waals surface area contributed by atoms with Crippen LogP contribution in [0.5, 0.6) is 0 Å². The van der Waals surface area contributed by atoms with Crippen molar-refractivity contribution in [2.75, 3.05) is 6.54 Å². The standard InChI is InChI=1S/C9H14N2O4/c1-9(2,8(10)15)5-11-6(12)3-4-7(13)14/h3-4H,5H2,1-2H3,(H2,10,15)(H,11,12)(H,13,14)/b4-3+. The second-order valence-electron chi connectivity index (χ2n) is 3.64. The maximum absolute atomic E-state index is 11.0. The Bertz CT molecular complexity index is 307. The summed E-state index contributed by atoms with van der Waals surface area (Å²) in [6, 6.07) is 0. The van der Waals surface area contributed by atoms with Crippen molar-refractivity contribution < 1.29 is 19.5 Å². The van der Waals surface area contributed by atoms with Gasteiger partial charge < -0.3 is 16.2 Å². The molecule has 0 saturated heterocycles. The number of nitrogens with two attached hydrogens (primary N) is 1. The molecule has 4 N–H and O–H groups in total. The van der Waals surface area contributed by atoms with E-state index in [1.165, 1.54) is 0 Å². The van der Waals surface area contributed by atoms with E-state index in [0.717, 1.165) is 6.08 Å².